The van der Waals surface area contributed by atoms with Crippen molar-refractivity contribution in [1.82, 2.24) is 0 Å². The number of hydrogen-bond acceptors (Lipinski definition) is 6. The Bertz CT molecular complexity index is 498. The molecule has 0 aromatic heterocycles. The van der Waals surface area contributed by atoms with E-state index in [-0.39, 0.29) is 0 Å². The first-order valence-corrected chi connectivity index (χ1v) is 7.82. The second-order valence-corrected chi connectivity index (χ2v) is 5.82. The summed E-state index contributed by atoms with van der Waals surface area (Å²) in [6.45, 7) is 7.15. The molecule has 0 saturated carbocycles. The van der Waals surface area contributed by atoms with Crippen molar-refractivity contribution in [1.29, 1.82) is 0 Å². The summed E-state index contributed by atoms with van der Waals surface area (Å²) in [6.07, 6.45) is 2.07. The molecule has 1 rings (SSSR count). The lowest BCUT2D eigenvalue weighted by Gasteiger charge is -2.27. The standard InChI is InChI=1S/C16H28N2O4/c1-12(2)6-5-7-17-13-14(16(20)15(13)19)18(8-10-21-3)9-11-22-4/h12,17H,5-11H2,1-4H3. The van der Waals surface area contributed by atoms with Gasteiger partial charge in [-0.3, -0.25) is 9.59 Å². The molecule has 126 valence electrons. The van der Waals surface area contributed by atoms with Crippen molar-refractivity contribution in [3.63, 3.8) is 0 Å². The van der Waals surface area contributed by atoms with Crippen LogP contribution in [0.5, 0.6) is 0 Å². The maximum Gasteiger partial charge on any atom is 0.253 e. The molecule has 0 aliphatic heterocycles. The molecule has 22 heavy (non-hydrogen) atoms. The summed E-state index contributed by atoms with van der Waals surface area (Å²) in [7, 11) is 3.23. The Labute approximate surface area is 132 Å². The fourth-order valence-corrected chi connectivity index (χ4v) is 2.31. The summed E-state index contributed by atoms with van der Waals surface area (Å²) in [5, 5.41) is 3.12. The van der Waals surface area contributed by atoms with Crippen molar-refractivity contribution in [2.24, 2.45) is 5.92 Å². The highest BCUT2D eigenvalue weighted by molar-refractivity contribution is 5.75. The van der Waals surface area contributed by atoms with E-state index in [0.717, 1.165) is 12.8 Å². The van der Waals surface area contributed by atoms with Gasteiger partial charge in [-0.25, -0.2) is 0 Å². The van der Waals surface area contributed by atoms with Crippen molar-refractivity contribution >= 4 is 11.4 Å². The zero-order valence-corrected chi connectivity index (χ0v) is 14.1. The predicted octanol–water partition coefficient (Wildman–Crippen LogP) is 1.23. The molecule has 0 amide bonds. The molecule has 0 unspecified atom stereocenters. The Kier molecular flexibility index (Phi) is 8.12. The highest BCUT2D eigenvalue weighted by Gasteiger charge is 2.25. The molecule has 6 nitrogen and oxygen atoms in total. The van der Waals surface area contributed by atoms with Crippen LogP contribution >= 0.6 is 0 Å². The molecular formula is C16H28N2O4. The van der Waals surface area contributed by atoms with E-state index in [0.29, 0.717) is 50.1 Å². The fraction of sp³-hybridized carbons (Fsp3) is 0.750. The molecule has 0 atom stereocenters. The van der Waals surface area contributed by atoms with Crippen LogP contribution in [0.2, 0.25) is 0 Å². The maximum absolute atomic E-state index is 11.9. The Balaban J connectivity index is 2.72. The first-order valence-electron chi connectivity index (χ1n) is 7.82. The Morgan fingerprint density at radius 3 is 2.14 bits per heavy atom. The summed E-state index contributed by atoms with van der Waals surface area (Å²) in [6, 6.07) is 0. The molecule has 1 N–H and O–H groups in total. The summed E-state index contributed by atoms with van der Waals surface area (Å²) in [5.41, 5.74) is 0.0857. The van der Waals surface area contributed by atoms with Gasteiger partial charge in [0.2, 0.25) is 0 Å². The van der Waals surface area contributed by atoms with Crippen LogP contribution in [-0.2, 0) is 9.47 Å². The van der Waals surface area contributed by atoms with Crippen LogP contribution in [0.4, 0.5) is 11.4 Å². The maximum atomic E-state index is 11.9. The Morgan fingerprint density at radius 1 is 1.05 bits per heavy atom. The highest BCUT2D eigenvalue weighted by Crippen LogP contribution is 2.20. The molecule has 0 saturated heterocycles. The van der Waals surface area contributed by atoms with Crippen molar-refractivity contribution in [2.75, 3.05) is 57.3 Å². The molecule has 0 aliphatic rings. The third kappa shape index (κ3) is 5.10. The number of hydrogen-bond donors (Lipinski definition) is 1. The smallest absolute Gasteiger partial charge is 0.253 e. The first-order chi connectivity index (χ1) is 10.5. The average molecular weight is 312 g/mol. The van der Waals surface area contributed by atoms with E-state index in [9.17, 15) is 9.59 Å². The van der Waals surface area contributed by atoms with Gasteiger partial charge in [0, 0.05) is 33.9 Å². The van der Waals surface area contributed by atoms with E-state index in [1.54, 1.807) is 14.2 Å². The third-order valence-corrected chi connectivity index (χ3v) is 3.59. The SMILES string of the molecule is COCCN(CCOC)c1c(NCCCC(C)C)c(=O)c1=O. The topological polar surface area (TPSA) is 67.9 Å². The number of anilines is 2. The normalized spacial score (nSPS) is 11.3. The second kappa shape index (κ2) is 9.58. The van der Waals surface area contributed by atoms with Crippen LogP contribution in [0.25, 0.3) is 0 Å². The van der Waals surface area contributed by atoms with Gasteiger partial charge in [0.05, 0.1) is 13.2 Å². The average Bonchev–Trinajstić information content (AvgIpc) is 2.50. The van der Waals surface area contributed by atoms with Crippen molar-refractivity contribution in [3.8, 4) is 0 Å². The van der Waals surface area contributed by atoms with Crippen LogP contribution in [0.15, 0.2) is 9.59 Å². The van der Waals surface area contributed by atoms with Gasteiger partial charge < -0.3 is 19.7 Å². The Morgan fingerprint density at radius 2 is 1.64 bits per heavy atom. The minimum absolute atomic E-state index is 0.417. The number of methoxy groups -OCH3 is 2. The molecule has 0 bridgehead atoms. The molecule has 1 aromatic rings. The van der Waals surface area contributed by atoms with E-state index in [4.69, 9.17) is 9.47 Å². The van der Waals surface area contributed by atoms with Crippen LogP contribution in [-0.4, -0.2) is 47.1 Å². The molecular weight excluding hydrogens is 284 g/mol. The lowest BCUT2D eigenvalue weighted by molar-refractivity contribution is 0.190. The monoisotopic (exact) mass is 312 g/mol. The summed E-state index contributed by atoms with van der Waals surface area (Å²) < 4.78 is 10.1. The molecule has 0 heterocycles. The van der Waals surface area contributed by atoms with Crippen LogP contribution in [0.3, 0.4) is 0 Å². The zero-order valence-electron chi connectivity index (χ0n) is 14.1. The molecule has 1 aromatic carbocycles. The fourth-order valence-electron chi connectivity index (χ4n) is 2.31. The van der Waals surface area contributed by atoms with Crippen LogP contribution in [0, 0.1) is 5.92 Å². The van der Waals surface area contributed by atoms with Crippen molar-refractivity contribution < 1.29 is 9.47 Å². The summed E-state index contributed by atoms with van der Waals surface area (Å²) in [5.74, 6) is 0.633. The van der Waals surface area contributed by atoms with E-state index >= 15 is 0 Å². The molecule has 6 heteroatoms. The first kappa shape index (κ1) is 18.6. The van der Waals surface area contributed by atoms with Gasteiger partial charge in [0.25, 0.3) is 10.9 Å². The number of rotatable bonds is 12. The van der Waals surface area contributed by atoms with Crippen molar-refractivity contribution in [3.05, 3.63) is 20.4 Å². The van der Waals surface area contributed by atoms with Crippen LogP contribution in [0.1, 0.15) is 26.7 Å². The minimum atomic E-state index is -0.418. The van der Waals surface area contributed by atoms with Crippen molar-refractivity contribution in [2.45, 2.75) is 26.7 Å². The largest absolute Gasteiger partial charge is 0.383 e. The lowest BCUT2D eigenvalue weighted by atomic mass is 10.1. The zero-order chi connectivity index (χ0) is 16.5. The van der Waals surface area contributed by atoms with E-state index in [2.05, 4.69) is 19.2 Å². The second-order valence-electron chi connectivity index (χ2n) is 5.82. The highest BCUT2D eigenvalue weighted by atomic mass is 16.5. The minimum Gasteiger partial charge on any atom is -0.383 e. The van der Waals surface area contributed by atoms with Gasteiger partial charge in [-0.05, 0) is 18.8 Å². The quantitative estimate of drug-likeness (QED) is 0.462. The van der Waals surface area contributed by atoms with Gasteiger partial charge in [-0.1, -0.05) is 13.8 Å². The number of nitrogens with zero attached hydrogens (tertiary/aromatic N) is 1. The van der Waals surface area contributed by atoms with Gasteiger partial charge in [0.15, 0.2) is 0 Å². The number of ether oxygens (including phenoxy) is 2. The van der Waals surface area contributed by atoms with E-state index < -0.39 is 10.9 Å². The van der Waals surface area contributed by atoms with Crippen LogP contribution < -0.4 is 21.1 Å². The van der Waals surface area contributed by atoms with Gasteiger partial charge >= 0.3 is 0 Å². The van der Waals surface area contributed by atoms with Gasteiger partial charge in [-0.15, -0.1) is 0 Å². The number of nitrogens with one attached hydrogen (secondary N) is 1. The summed E-state index contributed by atoms with van der Waals surface area (Å²) in [4.78, 5) is 25.6. The third-order valence-electron chi connectivity index (χ3n) is 3.59. The van der Waals surface area contributed by atoms with Gasteiger partial charge in [0.1, 0.15) is 11.4 Å². The van der Waals surface area contributed by atoms with E-state index in [1.165, 1.54) is 0 Å². The van der Waals surface area contributed by atoms with E-state index in [1.807, 2.05) is 4.90 Å². The predicted molar refractivity (Wildman–Crippen MR) is 89.9 cm³/mol. The molecule has 0 fully saturated rings. The van der Waals surface area contributed by atoms with Gasteiger partial charge in [-0.2, -0.15) is 0 Å². The summed E-state index contributed by atoms with van der Waals surface area (Å²) >= 11 is 0. The Hall–Kier alpha value is -1.40. The molecule has 0 spiro atoms. The lowest BCUT2D eigenvalue weighted by Crippen LogP contribution is -2.45. The molecule has 0 radical (unpaired) electrons. The molecule has 0 aliphatic carbocycles.